The number of esters is 1. The minimum Gasteiger partial charge on any atom is -0.488 e. The Morgan fingerprint density at radius 3 is 2.71 bits per heavy atom. The van der Waals surface area contributed by atoms with Crippen LogP contribution < -0.4 is 10.5 Å². The van der Waals surface area contributed by atoms with Crippen molar-refractivity contribution in [3.05, 3.63) is 23.5 Å². The highest BCUT2D eigenvalue weighted by Crippen LogP contribution is 2.38. The van der Waals surface area contributed by atoms with E-state index in [1.165, 1.54) is 16.8 Å². The molecule has 3 rings (SSSR count). The van der Waals surface area contributed by atoms with Crippen molar-refractivity contribution in [3.8, 4) is 17.1 Å². The molecule has 31 heavy (non-hydrogen) atoms. The minimum absolute atomic E-state index is 0.00950. The molecule has 1 unspecified atom stereocenters. The Morgan fingerprint density at radius 1 is 1.32 bits per heavy atom. The van der Waals surface area contributed by atoms with E-state index in [1.807, 2.05) is 0 Å². The molecule has 2 heterocycles. The number of nitrogens with two attached hydrogens (primary N) is 1. The molecule has 2 atom stereocenters. The van der Waals surface area contributed by atoms with Gasteiger partial charge in [-0.25, -0.2) is 4.98 Å². The van der Waals surface area contributed by atoms with Crippen molar-refractivity contribution in [1.29, 1.82) is 0 Å². The zero-order chi connectivity index (χ0) is 22.8. The number of alkyl halides is 3. The molecule has 0 spiro atoms. The van der Waals surface area contributed by atoms with Crippen molar-refractivity contribution in [2.24, 2.45) is 18.7 Å². The van der Waals surface area contributed by atoms with Crippen molar-refractivity contribution in [2.75, 3.05) is 0 Å². The van der Waals surface area contributed by atoms with Crippen LogP contribution in [0.4, 0.5) is 13.2 Å². The lowest BCUT2D eigenvalue weighted by molar-refractivity contribution is -0.155. The molecule has 170 valence electrons. The molecule has 8 nitrogen and oxygen atoms in total. The van der Waals surface area contributed by atoms with Gasteiger partial charge < -0.3 is 15.2 Å². The maximum absolute atomic E-state index is 13.8. The Balaban J connectivity index is 1.85. The van der Waals surface area contributed by atoms with E-state index in [-0.39, 0.29) is 35.8 Å². The van der Waals surface area contributed by atoms with Gasteiger partial charge in [0.15, 0.2) is 11.4 Å². The monoisotopic (exact) mass is 441 g/mol. The molecule has 2 N–H and O–H groups in total. The van der Waals surface area contributed by atoms with Gasteiger partial charge >= 0.3 is 12.1 Å². The predicted molar refractivity (Wildman–Crippen MR) is 105 cm³/mol. The Labute approximate surface area is 177 Å². The summed E-state index contributed by atoms with van der Waals surface area (Å²) >= 11 is 0. The second-order valence-electron chi connectivity index (χ2n) is 7.84. The lowest BCUT2D eigenvalue weighted by Crippen LogP contribution is -2.32. The molecule has 0 radical (unpaired) electrons. The number of nitrogens with zero attached hydrogens (tertiary/aromatic N) is 4. The zero-order valence-corrected chi connectivity index (χ0v) is 17.6. The van der Waals surface area contributed by atoms with E-state index in [0.717, 1.165) is 0 Å². The normalized spacial score (nSPS) is 19.5. The van der Waals surface area contributed by atoms with Crippen LogP contribution in [0, 0.1) is 5.92 Å². The van der Waals surface area contributed by atoms with E-state index >= 15 is 0 Å². The summed E-state index contributed by atoms with van der Waals surface area (Å²) in [6.45, 7) is 3.56. The molecule has 0 bridgehead atoms. The third-order valence-corrected chi connectivity index (χ3v) is 5.11. The van der Waals surface area contributed by atoms with Gasteiger partial charge in [-0.2, -0.15) is 13.2 Å². The molecule has 1 fully saturated rings. The number of carbonyl (C=O) groups is 1. The molecule has 11 heteroatoms. The minimum atomic E-state index is -4.74. The van der Waals surface area contributed by atoms with E-state index in [4.69, 9.17) is 15.2 Å². The highest BCUT2D eigenvalue weighted by Gasteiger charge is 2.39. The first-order chi connectivity index (χ1) is 14.6. The van der Waals surface area contributed by atoms with Crippen LogP contribution in [-0.4, -0.2) is 38.2 Å². The number of rotatable bonds is 6. The fourth-order valence-electron chi connectivity index (χ4n) is 3.66. The van der Waals surface area contributed by atoms with E-state index < -0.39 is 23.9 Å². The van der Waals surface area contributed by atoms with E-state index in [0.29, 0.717) is 31.4 Å². The molecule has 0 aromatic carbocycles. The number of pyridine rings is 1. The van der Waals surface area contributed by atoms with Gasteiger partial charge in [-0.15, -0.1) is 5.10 Å². The second kappa shape index (κ2) is 9.21. The second-order valence-corrected chi connectivity index (χ2v) is 7.84. The van der Waals surface area contributed by atoms with Gasteiger partial charge in [0.25, 0.3) is 0 Å². The number of halogens is 3. The smallest absolute Gasteiger partial charge is 0.437 e. The third kappa shape index (κ3) is 5.33. The van der Waals surface area contributed by atoms with Crippen LogP contribution in [0.5, 0.6) is 5.75 Å². The first-order valence-electron chi connectivity index (χ1n) is 10.1. The molecule has 2 aromatic heterocycles. The summed E-state index contributed by atoms with van der Waals surface area (Å²) in [5.41, 5.74) is 5.18. The fraction of sp³-hybridized carbons (Fsp3) is 0.600. The summed E-state index contributed by atoms with van der Waals surface area (Å²) in [6.07, 6.45) is -3.39. The molecular weight excluding hydrogens is 415 g/mol. The van der Waals surface area contributed by atoms with Gasteiger partial charge in [0.2, 0.25) is 0 Å². The lowest BCUT2D eigenvalue weighted by Gasteiger charge is -2.29. The van der Waals surface area contributed by atoms with Crippen LogP contribution in [0.2, 0.25) is 0 Å². The van der Waals surface area contributed by atoms with Gasteiger partial charge in [0.05, 0.1) is 29.5 Å². The van der Waals surface area contributed by atoms with Crippen molar-refractivity contribution in [3.63, 3.8) is 0 Å². The topological polar surface area (TPSA) is 105 Å². The van der Waals surface area contributed by atoms with Gasteiger partial charge in [-0.3, -0.25) is 9.48 Å². The van der Waals surface area contributed by atoms with Crippen molar-refractivity contribution in [2.45, 2.75) is 64.5 Å². The molecule has 2 aromatic rings. The number of aromatic nitrogens is 4. The average Bonchev–Trinajstić information content (AvgIpc) is 3.07. The Hall–Kier alpha value is -2.69. The van der Waals surface area contributed by atoms with Crippen LogP contribution in [0.25, 0.3) is 11.4 Å². The molecule has 1 aliphatic carbocycles. The third-order valence-electron chi connectivity index (χ3n) is 5.11. The van der Waals surface area contributed by atoms with Crippen LogP contribution >= 0.6 is 0 Å². The largest absolute Gasteiger partial charge is 0.488 e. The first-order valence-corrected chi connectivity index (χ1v) is 10.1. The van der Waals surface area contributed by atoms with Crippen LogP contribution in [-0.2, 0) is 29.3 Å². The number of aryl methyl sites for hydroxylation is 1. The summed E-state index contributed by atoms with van der Waals surface area (Å²) in [6, 6.07) is 2.64. The molecular formula is C20H26F3N5O3. The number of hydrogen-bond donors (Lipinski definition) is 1. The number of ether oxygens (including phenoxy) is 2. The summed E-state index contributed by atoms with van der Waals surface area (Å²) in [5, 5.41) is 7.70. The summed E-state index contributed by atoms with van der Waals surface area (Å²) in [5.74, 6) is -1.11. The van der Waals surface area contributed by atoms with E-state index in [9.17, 15) is 18.0 Å². The Morgan fingerprint density at radius 2 is 2.06 bits per heavy atom. The van der Waals surface area contributed by atoms with Crippen LogP contribution in [0.1, 0.15) is 50.9 Å². The van der Waals surface area contributed by atoms with Gasteiger partial charge in [0, 0.05) is 13.6 Å². The van der Waals surface area contributed by atoms with Gasteiger partial charge in [-0.05, 0) is 51.7 Å². The molecule has 0 aliphatic heterocycles. The predicted octanol–water partition coefficient (Wildman–Crippen LogP) is 3.24. The summed E-state index contributed by atoms with van der Waals surface area (Å²) in [7, 11) is 1.60. The summed E-state index contributed by atoms with van der Waals surface area (Å²) < 4.78 is 53.6. The first kappa shape index (κ1) is 23.0. The maximum atomic E-state index is 13.8. The SMILES string of the molecule is CC(C)OC(=O)[C@H]1CCCC(Oc2ccc(-c3nnn(C)c3CN)nc2C(F)(F)F)C1. The molecule has 1 saturated carbocycles. The van der Waals surface area contributed by atoms with Crippen molar-refractivity contribution < 1.29 is 27.4 Å². The quantitative estimate of drug-likeness (QED) is 0.686. The van der Waals surface area contributed by atoms with Crippen molar-refractivity contribution >= 4 is 5.97 Å². The number of hydrogen-bond acceptors (Lipinski definition) is 7. The maximum Gasteiger partial charge on any atom is 0.437 e. The van der Waals surface area contributed by atoms with Crippen LogP contribution in [0.15, 0.2) is 12.1 Å². The Kier molecular flexibility index (Phi) is 6.83. The summed E-state index contributed by atoms with van der Waals surface area (Å²) in [4.78, 5) is 16.0. The molecule has 0 saturated heterocycles. The van der Waals surface area contributed by atoms with E-state index in [2.05, 4.69) is 15.3 Å². The van der Waals surface area contributed by atoms with Crippen LogP contribution in [0.3, 0.4) is 0 Å². The highest BCUT2D eigenvalue weighted by atomic mass is 19.4. The number of carbonyl (C=O) groups excluding carboxylic acids is 1. The average molecular weight is 441 g/mol. The zero-order valence-electron chi connectivity index (χ0n) is 17.6. The lowest BCUT2D eigenvalue weighted by atomic mass is 9.87. The standard InChI is InChI=1S/C20H26F3N5O3/c1-11(2)30-19(29)12-5-4-6-13(9-12)31-16-8-7-14(25-18(16)20(21,22)23)17-15(10-24)28(3)27-26-17/h7-8,11-13H,4-6,9-10,24H2,1-3H3/t12-,13?/m0/s1. The highest BCUT2D eigenvalue weighted by molar-refractivity contribution is 5.72. The fourth-order valence-corrected chi connectivity index (χ4v) is 3.66. The Bertz CT molecular complexity index is 929. The van der Waals surface area contributed by atoms with E-state index in [1.54, 1.807) is 20.9 Å². The van der Waals surface area contributed by atoms with Gasteiger partial charge in [0.1, 0.15) is 5.69 Å². The molecule has 1 aliphatic rings. The molecule has 0 amide bonds. The van der Waals surface area contributed by atoms with Crippen molar-refractivity contribution in [1.82, 2.24) is 20.0 Å². The van der Waals surface area contributed by atoms with Gasteiger partial charge in [-0.1, -0.05) is 5.21 Å².